The number of hydrogen-bond donors (Lipinski definition) is 1. The van der Waals surface area contributed by atoms with Gasteiger partial charge in [0, 0.05) is 24.3 Å². The van der Waals surface area contributed by atoms with Crippen LogP contribution in [-0.4, -0.2) is 25.0 Å². The number of hydrogen-bond acceptors (Lipinski definition) is 4. The van der Waals surface area contributed by atoms with Crippen LogP contribution in [0.5, 0.6) is 17.2 Å². The topological polar surface area (TPSA) is 67.9 Å². The molecule has 0 radical (unpaired) electrons. The zero-order valence-electron chi connectivity index (χ0n) is 18.2. The molecule has 0 saturated carbocycles. The summed E-state index contributed by atoms with van der Waals surface area (Å²) >= 11 is 0. The Labute approximate surface area is 187 Å². The summed E-state index contributed by atoms with van der Waals surface area (Å²) in [6.07, 6.45) is 0.188. The third-order valence-corrected chi connectivity index (χ3v) is 5.33. The molecule has 1 aliphatic heterocycles. The zero-order valence-corrected chi connectivity index (χ0v) is 18.2. The van der Waals surface area contributed by atoms with Crippen molar-refractivity contribution in [2.75, 3.05) is 23.4 Å². The molecule has 6 heteroatoms. The van der Waals surface area contributed by atoms with Crippen molar-refractivity contribution in [3.05, 3.63) is 78.4 Å². The quantitative estimate of drug-likeness (QED) is 0.561. The standard InChI is InChI=1S/C26H26N2O4/c1-3-31-22-14-8-21(9-15-22)28-17-19(16-25(28)29)26(30)27-20-6-12-24(13-7-20)32-23-10-4-18(2)5-11-23/h4-15,19H,3,16-17H2,1-2H3,(H,27,30)/t19-/m0/s1. The summed E-state index contributed by atoms with van der Waals surface area (Å²) < 4.78 is 11.3. The highest BCUT2D eigenvalue weighted by Crippen LogP contribution is 2.28. The van der Waals surface area contributed by atoms with Gasteiger partial charge in [-0.1, -0.05) is 17.7 Å². The number of amides is 2. The molecule has 2 amide bonds. The second-order valence-corrected chi connectivity index (χ2v) is 7.76. The minimum atomic E-state index is -0.405. The number of rotatable bonds is 7. The molecule has 0 spiro atoms. The van der Waals surface area contributed by atoms with Gasteiger partial charge < -0.3 is 19.7 Å². The molecule has 0 bridgehead atoms. The number of ether oxygens (including phenoxy) is 2. The molecule has 3 aromatic rings. The molecular weight excluding hydrogens is 404 g/mol. The second kappa shape index (κ2) is 9.56. The van der Waals surface area contributed by atoms with E-state index >= 15 is 0 Å². The minimum Gasteiger partial charge on any atom is -0.494 e. The zero-order chi connectivity index (χ0) is 22.5. The van der Waals surface area contributed by atoms with Gasteiger partial charge in [0.15, 0.2) is 0 Å². The molecule has 6 nitrogen and oxygen atoms in total. The van der Waals surface area contributed by atoms with Crippen LogP contribution in [0, 0.1) is 12.8 Å². The maximum absolute atomic E-state index is 12.7. The average Bonchev–Trinajstić information content (AvgIpc) is 3.19. The summed E-state index contributed by atoms with van der Waals surface area (Å²) in [6.45, 7) is 4.89. The fourth-order valence-corrected chi connectivity index (χ4v) is 3.61. The van der Waals surface area contributed by atoms with Crippen LogP contribution in [0.15, 0.2) is 72.8 Å². The maximum atomic E-state index is 12.7. The normalized spacial score (nSPS) is 15.5. The van der Waals surface area contributed by atoms with Crippen LogP contribution >= 0.6 is 0 Å². The largest absolute Gasteiger partial charge is 0.494 e. The van der Waals surface area contributed by atoms with Crippen molar-refractivity contribution in [2.24, 2.45) is 5.92 Å². The Balaban J connectivity index is 1.34. The number of anilines is 2. The van der Waals surface area contributed by atoms with Gasteiger partial charge in [-0.15, -0.1) is 0 Å². The van der Waals surface area contributed by atoms with Crippen molar-refractivity contribution in [3.63, 3.8) is 0 Å². The molecule has 32 heavy (non-hydrogen) atoms. The molecule has 1 saturated heterocycles. The van der Waals surface area contributed by atoms with E-state index in [0.717, 1.165) is 17.2 Å². The molecule has 0 unspecified atom stereocenters. The average molecular weight is 431 g/mol. The van der Waals surface area contributed by atoms with E-state index in [-0.39, 0.29) is 18.2 Å². The molecule has 0 aliphatic carbocycles. The van der Waals surface area contributed by atoms with Gasteiger partial charge in [0.05, 0.1) is 12.5 Å². The highest BCUT2D eigenvalue weighted by molar-refractivity contribution is 6.03. The van der Waals surface area contributed by atoms with Gasteiger partial charge in [0.25, 0.3) is 0 Å². The van der Waals surface area contributed by atoms with E-state index in [0.29, 0.717) is 24.6 Å². The molecular formula is C26H26N2O4. The Hall–Kier alpha value is -3.80. The van der Waals surface area contributed by atoms with Crippen molar-refractivity contribution in [1.82, 2.24) is 0 Å². The predicted octanol–water partition coefficient (Wildman–Crippen LogP) is 5.18. The SMILES string of the molecule is CCOc1ccc(N2C[C@@H](C(=O)Nc3ccc(Oc4ccc(C)cc4)cc3)CC2=O)cc1. The summed E-state index contributed by atoms with van der Waals surface area (Å²) in [7, 11) is 0. The van der Waals surface area contributed by atoms with Gasteiger partial charge in [-0.3, -0.25) is 9.59 Å². The third-order valence-electron chi connectivity index (χ3n) is 5.33. The van der Waals surface area contributed by atoms with Gasteiger partial charge in [-0.25, -0.2) is 0 Å². The van der Waals surface area contributed by atoms with E-state index in [1.54, 1.807) is 17.0 Å². The van der Waals surface area contributed by atoms with Crippen LogP contribution in [0.4, 0.5) is 11.4 Å². The smallest absolute Gasteiger partial charge is 0.229 e. The van der Waals surface area contributed by atoms with Crippen LogP contribution in [0.2, 0.25) is 0 Å². The van der Waals surface area contributed by atoms with Crippen LogP contribution in [0.3, 0.4) is 0 Å². The van der Waals surface area contributed by atoms with Crippen molar-refractivity contribution in [2.45, 2.75) is 20.3 Å². The monoisotopic (exact) mass is 430 g/mol. The van der Waals surface area contributed by atoms with Crippen LogP contribution < -0.4 is 19.7 Å². The Morgan fingerprint density at radius 2 is 1.53 bits per heavy atom. The maximum Gasteiger partial charge on any atom is 0.229 e. The Morgan fingerprint density at radius 1 is 0.938 bits per heavy atom. The lowest BCUT2D eigenvalue weighted by Crippen LogP contribution is -2.28. The number of carbonyl (C=O) groups is 2. The van der Waals surface area contributed by atoms with Gasteiger partial charge in [0.2, 0.25) is 11.8 Å². The van der Waals surface area contributed by atoms with Gasteiger partial charge >= 0.3 is 0 Å². The molecule has 0 aromatic heterocycles. The van der Waals surface area contributed by atoms with Gasteiger partial charge in [-0.05, 0) is 74.5 Å². The summed E-state index contributed by atoms with van der Waals surface area (Å²) in [5.41, 5.74) is 2.60. The number of nitrogens with zero attached hydrogens (tertiary/aromatic N) is 1. The second-order valence-electron chi connectivity index (χ2n) is 7.76. The Morgan fingerprint density at radius 3 is 2.16 bits per heavy atom. The lowest BCUT2D eigenvalue weighted by Gasteiger charge is -2.17. The van der Waals surface area contributed by atoms with Crippen molar-refractivity contribution in [3.8, 4) is 17.2 Å². The summed E-state index contributed by atoms with van der Waals surface area (Å²) in [5.74, 6) is 1.57. The van der Waals surface area contributed by atoms with Gasteiger partial charge in [-0.2, -0.15) is 0 Å². The fourth-order valence-electron chi connectivity index (χ4n) is 3.61. The van der Waals surface area contributed by atoms with Crippen molar-refractivity contribution in [1.29, 1.82) is 0 Å². The van der Waals surface area contributed by atoms with Crippen molar-refractivity contribution >= 4 is 23.2 Å². The third kappa shape index (κ3) is 5.09. The van der Waals surface area contributed by atoms with Crippen molar-refractivity contribution < 1.29 is 19.1 Å². The van der Waals surface area contributed by atoms with E-state index in [1.807, 2.05) is 74.5 Å². The Bertz CT molecular complexity index is 1080. The molecule has 1 fully saturated rings. The number of benzene rings is 3. The minimum absolute atomic E-state index is 0.0591. The van der Waals surface area contributed by atoms with E-state index in [4.69, 9.17) is 9.47 Å². The van der Waals surface area contributed by atoms with Crippen LogP contribution in [0.25, 0.3) is 0 Å². The highest BCUT2D eigenvalue weighted by atomic mass is 16.5. The van der Waals surface area contributed by atoms with Crippen LogP contribution in [0.1, 0.15) is 18.9 Å². The molecule has 3 aromatic carbocycles. The highest BCUT2D eigenvalue weighted by Gasteiger charge is 2.35. The molecule has 1 N–H and O–H groups in total. The van der Waals surface area contributed by atoms with Gasteiger partial charge in [0.1, 0.15) is 17.2 Å². The summed E-state index contributed by atoms with van der Waals surface area (Å²) in [6, 6.07) is 22.4. The van der Waals surface area contributed by atoms with E-state index in [1.165, 1.54) is 5.56 Å². The molecule has 1 heterocycles. The number of aryl methyl sites for hydroxylation is 1. The Kier molecular flexibility index (Phi) is 6.40. The van der Waals surface area contributed by atoms with E-state index in [9.17, 15) is 9.59 Å². The van der Waals surface area contributed by atoms with E-state index < -0.39 is 5.92 Å². The summed E-state index contributed by atoms with van der Waals surface area (Å²) in [4.78, 5) is 26.9. The molecule has 1 aliphatic rings. The fraction of sp³-hybridized carbons (Fsp3) is 0.231. The first kappa shape index (κ1) is 21.4. The first-order valence-electron chi connectivity index (χ1n) is 10.7. The first-order chi connectivity index (χ1) is 15.5. The lowest BCUT2D eigenvalue weighted by atomic mass is 10.1. The van der Waals surface area contributed by atoms with Crippen LogP contribution in [-0.2, 0) is 9.59 Å². The lowest BCUT2D eigenvalue weighted by molar-refractivity contribution is -0.122. The molecule has 1 atom stereocenters. The molecule has 4 rings (SSSR count). The number of carbonyl (C=O) groups excluding carboxylic acids is 2. The first-order valence-corrected chi connectivity index (χ1v) is 10.7. The predicted molar refractivity (Wildman–Crippen MR) is 124 cm³/mol. The summed E-state index contributed by atoms with van der Waals surface area (Å²) in [5, 5.41) is 2.91. The van der Waals surface area contributed by atoms with E-state index in [2.05, 4.69) is 5.32 Å². The number of nitrogens with one attached hydrogen (secondary N) is 1. The molecule has 164 valence electrons.